The van der Waals surface area contributed by atoms with Crippen molar-refractivity contribution in [3.63, 3.8) is 0 Å². The molecule has 130 valence electrons. The molecule has 4 bridgehead atoms. The summed E-state index contributed by atoms with van der Waals surface area (Å²) in [6.07, 6.45) is 7.38. The lowest BCUT2D eigenvalue weighted by molar-refractivity contribution is -0.119. The summed E-state index contributed by atoms with van der Waals surface area (Å²) in [6, 6.07) is 7.22. The molecule has 0 unspecified atom stereocenters. The van der Waals surface area contributed by atoms with E-state index in [0.29, 0.717) is 5.75 Å². The first-order valence-corrected chi connectivity index (χ1v) is 9.87. The molecule has 1 atom stereocenters. The molecule has 4 aliphatic carbocycles. The molecule has 0 radical (unpaired) electrons. The number of benzene rings is 1. The van der Waals surface area contributed by atoms with E-state index in [1.807, 2.05) is 12.1 Å². The highest BCUT2D eigenvalue weighted by atomic mass is 32.2. The Labute approximate surface area is 144 Å². The molecule has 6 heteroatoms. The second kappa shape index (κ2) is 6.06. The summed E-state index contributed by atoms with van der Waals surface area (Å²) >= 11 is 0. The fourth-order valence-corrected chi connectivity index (χ4v) is 6.98. The van der Waals surface area contributed by atoms with Gasteiger partial charge in [-0.3, -0.25) is 4.79 Å². The van der Waals surface area contributed by atoms with Gasteiger partial charge in [-0.15, -0.1) is 0 Å². The smallest absolute Gasteiger partial charge is 0.255 e. The minimum absolute atomic E-state index is 0.0319. The maximum atomic E-state index is 13.1. The number of amides is 1. The molecular formula is C18H24N2O3S. The molecule has 1 amide bonds. The minimum atomic E-state index is -1.06. The van der Waals surface area contributed by atoms with Gasteiger partial charge in [-0.2, -0.15) is 0 Å². The van der Waals surface area contributed by atoms with Gasteiger partial charge >= 0.3 is 0 Å². The number of ether oxygens (including phenoxy) is 1. The van der Waals surface area contributed by atoms with E-state index < -0.39 is 16.9 Å². The zero-order chi connectivity index (χ0) is 16.7. The van der Waals surface area contributed by atoms with Gasteiger partial charge in [0.05, 0.1) is 4.75 Å². The van der Waals surface area contributed by atoms with Crippen LogP contribution in [0.5, 0.6) is 5.75 Å². The van der Waals surface area contributed by atoms with E-state index in [4.69, 9.17) is 10.5 Å². The molecule has 0 heterocycles. The monoisotopic (exact) mass is 348 g/mol. The second-order valence-electron chi connectivity index (χ2n) is 7.75. The first-order valence-electron chi connectivity index (χ1n) is 8.72. The lowest BCUT2D eigenvalue weighted by Gasteiger charge is -2.55. The van der Waals surface area contributed by atoms with Gasteiger partial charge in [0.1, 0.15) is 16.7 Å². The summed E-state index contributed by atoms with van der Waals surface area (Å²) in [5.41, 5.74) is 5.89. The Hall–Kier alpha value is -1.56. The Morgan fingerprint density at radius 3 is 2.17 bits per heavy atom. The van der Waals surface area contributed by atoms with Crippen LogP contribution in [0.2, 0.25) is 0 Å². The Morgan fingerprint density at radius 1 is 1.12 bits per heavy atom. The molecule has 1 aromatic carbocycles. The summed E-state index contributed by atoms with van der Waals surface area (Å²) < 4.78 is 21.5. The highest BCUT2D eigenvalue weighted by molar-refractivity contribution is 7.87. The molecule has 5 rings (SSSR count). The fraction of sp³-hybridized carbons (Fsp3) is 0.611. The Morgan fingerprint density at radius 2 is 1.67 bits per heavy atom. The predicted octanol–water partition coefficient (Wildman–Crippen LogP) is 2.60. The van der Waals surface area contributed by atoms with E-state index in [9.17, 15) is 9.00 Å². The van der Waals surface area contributed by atoms with E-state index in [1.54, 1.807) is 12.1 Å². The molecule has 0 aliphatic heterocycles. The molecule has 4 fully saturated rings. The van der Waals surface area contributed by atoms with Crippen LogP contribution in [0, 0.1) is 17.8 Å². The number of nitrogens with two attached hydrogens (primary N) is 1. The number of rotatable bonds is 6. The Bertz CT molecular complexity index is 623. The van der Waals surface area contributed by atoms with Crippen LogP contribution in [0.3, 0.4) is 0 Å². The van der Waals surface area contributed by atoms with Crippen molar-refractivity contribution in [1.82, 2.24) is 0 Å². The second-order valence-corrected chi connectivity index (χ2v) is 9.36. The quantitative estimate of drug-likeness (QED) is 0.829. The normalized spacial score (nSPS) is 34.8. The molecule has 0 aromatic heterocycles. The minimum Gasteiger partial charge on any atom is -0.484 e. The highest BCUT2D eigenvalue weighted by Crippen LogP contribution is 2.57. The van der Waals surface area contributed by atoms with Gasteiger partial charge in [0.2, 0.25) is 0 Å². The highest BCUT2D eigenvalue weighted by Gasteiger charge is 2.54. The number of hydrogen-bond acceptors (Lipinski definition) is 3. The molecule has 0 spiro atoms. The zero-order valence-electron chi connectivity index (χ0n) is 13.7. The number of carbonyl (C=O) groups is 1. The van der Waals surface area contributed by atoms with E-state index in [-0.39, 0.29) is 11.4 Å². The largest absolute Gasteiger partial charge is 0.484 e. The zero-order valence-corrected chi connectivity index (χ0v) is 14.5. The molecule has 24 heavy (non-hydrogen) atoms. The fourth-order valence-electron chi connectivity index (χ4n) is 5.25. The Kier molecular flexibility index (Phi) is 4.03. The van der Waals surface area contributed by atoms with Gasteiger partial charge in [0.15, 0.2) is 6.61 Å². The maximum absolute atomic E-state index is 13.1. The topological polar surface area (TPSA) is 81.4 Å². The van der Waals surface area contributed by atoms with Gasteiger partial charge in [0.25, 0.3) is 5.91 Å². The van der Waals surface area contributed by atoms with Crippen molar-refractivity contribution < 1.29 is 13.7 Å². The average Bonchev–Trinajstić information content (AvgIpc) is 2.53. The molecule has 1 aromatic rings. The molecular weight excluding hydrogens is 324 g/mol. The van der Waals surface area contributed by atoms with E-state index in [2.05, 4.69) is 4.72 Å². The van der Waals surface area contributed by atoms with Gasteiger partial charge in [0, 0.05) is 5.69 Å². The summed E-state index contributed by atoms with van der Waals surface area (Å²) in [5, 5.41) is 0. The van der Waals surface area contributed by atoms with Crippen LogP contribution >= 0.6 is 0 Å². The van der Waals surface area contributed by atoms with E-state index >= 15 is 0 Å². The van der Waals surface area contributed by atoms with Gasteiger partial charge in [-0.25, -0.2) is 4.21 Å². The SMILES string of the molecule is NC(=O)COc1ccc(N[S@](=O)C23CC4CC(CC(C4)C2)C3)cc1. The number of primary amides is 1. The standard InChI is InChI=1S/C18H24N2O3S/c19-17(21)11-23-16-3-1-15(2-4-16)20-24(22)18-8-12-5-13(9-18)7-14(6-12)10-18/h1-4,12-14,20H,5-11H2,(H2,19,21)/t12?,13?,14?,18?,24-/m1/s1. The number of hydrogen-bond donors (Lipinski definition) is 2. The maximum Gasteiger partial charge on any atom is 0.255 e. The molecule has 5 nitrogen and oxygen atoms in total. The summed E-state index contributed by atoms with van der Waals surface area (Å²) in [6.45, 7) is -0.133. The molecule has 4 saturated carbocycles. The van der Waals surface area contributed by atoms with Crippen LogP contribution in [0.4, 0.5) is 5.69 Å². The molecule has 4 aliphatic rings. The van der Waals surface area contributed by atoms with Gasteiger partial charge in [-0.05, 0) is 80.5 Å². The van der Waals surface area contributed by atoms with Gasteiger partial charge in [-0.1, -0.05) is 0 Å². The van der Waals surface area contributed by atoms with E-state index in [1.165, 1.54) is 19.3 Å². The predicted molar refractivity (Wildman–Crippen MR) is 93.8 cm³/mol. The number of anilines is 1. The van der Waals surface area contributed by atoms with Crippen LogP contribution in [0.15, 0.2) is 24.3 Å². The molecule has 0 saturated heterocycles. The van der Waals surface area contributed by atoms with Crippen molar-refractivity contribution in [1.29, 1.82) is 0 Å². The third kappa shape index (κ3) is 3.04. The molecule has 3 N–H and O–H groups in total. The number of nitrogens with one attached hydrogen (secondary N) is 1. The number of carbonyl (C=O) groups excluding carboxylic acids is 1. The third-order valence-electron chi connectivity index (χ3n) is 5.82. The van der Waals surface area contributed by atoms with Crippen LogP contribution in [-0.4, -0.2) is 21.5 Å². The summed E-state index contributed by atoms with van der Waals surface area (Å²) in [7, 11) is -1.06. The lowest BCUT2D eigenvalue weighted by atomic mass is 9.56. The first kappa shape index (κ1) is 15.9. The Balaban J connectivity index is 1.42. The van der Waals surface area contributed by atoms with Crippen LogP contribution < -0.4 is 15.2 Å². The van der Waals surface area contributed by atoms with Crippen LogP contribution in [0.25, 0.3) is 0 Å². The first-order chi connectivity index (χ1) is 11.5. The third-order valence-corrected chi connectivity index (χ3v) is 7.53. The average molecular weight is 348 g/mol. The van der Waals surface area contributed by atoms with Crippen molar-refractivity contribution in [2.75, 3.05) is 11.3 Å². The van der Waals surface area contributed by atoms with E-state index in [0.717, 1.165) is 42.7 Å². The summed E-state index contributed by atoms with van der Waals surface area (Å²) in [5.74, 6) is 2.43. The van der Waals surface area contributed by atoms with Crippen molar-refractivity contribution in [2.24, 2.45) is 23.5 Å². The van der Waals surface area contributed by atoms with Crippen molar-refractivity contribution in [3.05, 3.63) is 24.3 Å². The summed E-state index contributed by atoms with van der Waals surface area (Å²) in [4.78, 5) is 10.7. The van der Waals surface area contributed by atoms with Crippen LogP contribution in [-0.2, 0) is 15.8 Å². The van der Waals surface area contributed by atoms with Crippen molar-refractivity contribution in [2.45, 2.75) is 43.3 Å². The van der Waals surface area contributed by atoms with Gasteiger partial charge < -0.3 is 15.2 Å². The van der Waals surface area contributed by atoms with Crippen molar-refractivity contribution >= 4 is 22.6 Å². The van der Waals surface area contributed by atoms with Crippen LogP contribution in [0.1, 0.15) is 38.5 Å². The lowest BCUT2D eigenvalue weighted by Crippen LogP contribution is -2.54. The van der Waals surface area contributed by atoms with Crippen molar-refractivity contribution in [3.8, 4) is 5.75 Å².